The van der Waals surface area contributed by atoms with Crippen molar-refractivity contribution in [2.24, 2.45) is 0 Å². The lowest BCUT2D eigenvalue weighted by Crippen LogP contribution is -2.47. The van der Waals surface area contributed by atoms with Crippen LogP contribution >= 0.6 is 15.9 Å². The van der Waals surface area contributed by atoms with Crippen LogP contribution in [0.25, 0.3) is 0 Å². The molecule has 144 valence electrons. The zero-order valence-corrected chi connectivity index (χ0v) is 16.9. The molecule has 0 spiro atoms. The second-order valence-corrected chi connectivity index (χ2v) is 7.78. The third-order valence-corrected chi connectivity index (χ3v) is 5.75. The molecule has 0 bridgehead atoms. The Labute approximate surface area is 168 Å². The van der Waals surface area contributed by atoms with E-state index < -0.39 is 6.09 Å². The third kappa shape index (κ3) is 4.62. The lowest BCUT2D eigenvalue weighted by Gasteiger charge is -2.41. The first kappa shape index (κ1) is 19.7. The first-order chi connectivity index (χ1) is 13.0. The number of likely N-dealkylation sites (tertiary alicyclic amines) is 1. The average molecular weight is 434 g/mol. The molecule has 1 heterocycles. The molecule has 1 aliphatic heterocycles. The summed E-state index contributed by atoms with van der Waals surface area (Å²) in [5.41, 5.74) is 2.02. The molecule has 1 fully saturated rings. The van der Waals surface area contributed by atoms with E-state index in [9.17, 15) is 9.90 Å². The van der Waals surface area contributed by atoms with Gasteiger partial charge in [0.1, 0.15) is 5.75 Å². The number of hydrogen-bond donors (Lipinski definition) is 1. The van der Waals surface area contributed by atoms with Crippen LogP contribution in [0, 0.1) is 0 Å². The highest BCUT2D eigenvalue weighted by Crippen LogP contribution is 2.36. The molecule has 6 heteroatoms. The monoisotopic (exact) mass is 433 g/mol. The number of piperidine rings is 1. The fraction of sp³-hybridized carbons (Fsp3) is 0.381. The maximum absolute atomic E-state index is 11.3. The number of amides is 1. The van der Waals surface area contributed by atoms with Gasteiger partial charge in [0.05, 0.1) is 20.3 Å². The van der Waals surface area contributed by atoms with Crippen LogP contribution < -0.4 is 4.74 Å². The molecule has 5 nitrogen and oxygen atoms in total. The molecule has 2 aromatic rings. The summed E-state index contributed by atoms with van der Waals surface area (Å²) in [4.78, 5) is 12.8. The largest absolute Gasteiger partial charge is 0.496 e. The van der Waals surface area contributed by atoms with Crippen molar-refractivity contribution in [3.05, 3.63) is 64.1 Å². The van der Waals surface area contributed by atoms with E-state index in [1.165, 1.54) is 10.5 Å². The molecule has 0 unspecified atom stereocenters. The van der Waals surface area contributed by atoms with Gasteiger partial charge in [-0.1, -0.05) is 46.3 Å². The first-order valence-corrected chi connectivity index (χ1v) is 9.77. The number of carbonyl (C=O) groups is 1. The van der Waals surface area contributed by atoms with Gasteiger partial charge in [0.15, 0.2) is 0 Å². The summed E-state index contributed by atoms with van der Waals surface area (Å²) >= 11 is 3.49. The van der Waals surface area contributed by atoms with Crippen molar-refractivity contribution >= 4 is 22.0 Å². The number of ether oxygens (including phenoxy) is 2. The van der Waals surface area contributed by atoms with E-state index in [-0.39, 0.29) is 5.41 Å². The van der Waals surface area contributed by atoms with Crippen LogP contribution in [0.4, 0.5) is 4.79 Å². The Bertz CT molecular complexity index is 773. The topological polar surface area (TPSA) is 59.0 Å². The predicted molar refractivity (Wildman–Crippen MR) is 107 cm³/mol. The highest BCUT2D eigenvalue weighted by molar-refractivity contribution is 9.10. The molecule has 1 aliphatic rings. The summed E-state index contributed by atoms with van der Waals surface area (Å²) < 4.78 is 12.5. The van der Waals surface area contributed by atoms with Gasteiger partial charge in [-0.15, -0.1) is 0 Å². The van der Waals surface area contributed by atoms with Crippen molar-refractivity contribution in [1.82, 2.24) is 4.90 Å². The Hall–Kier alpha value is -2.05. The molecule has 27 heavy (non-hydrogen) atoms. The minimum absolute atomic E-state index is 0.174. The first-order valence-electron chi connectivity index (χ1n) is 8.98. The number of halogens is 1. The Morgan fingerprint density at radius 2 is 1.89 bits per heavy atom. The van der Waals surface area contributed by atoms with E-state index in [1.807, 2.05) is 36.4 Å². The van der Waals surface area contributed by atoms with E-state index in [0.717, 1.165) is 28.6 Å². The van der Waals surface area contributed by atoms with Crippen LogP contribution in [0.1, 0.15) is 24.0 Å². The smallest absolute Gasteiger partial charge is 0.407 e. The fourth-order valence-corrected chi connectivity index (χ4v) is 4.06. The molecule has 0 atom stereocenters. The Kier molecular flexibility index (Phi) is 6.39. The van der Waals surface area contributed by atoms with Gasteiger partial charge in [-0.3, -0.25) is 0 Å². The summed E-state index contributed by atoms with van der Waals surface area (Å²) in [6.07, 6.45) is 0.647. The molecular formula is C21H24BrNO4. The summed E-state index contributed by atoms with van der Waals surface area (Å²) in [7, 11) is 1.65. The van der Waals surface area contributed by atoms with Gasteiger partial charge in [0.25, 0.3) is 0 Å². The van der Waals surface area contributed by atoms with Crippen LogP contribution in [-0.2, 0) is 16.8 Å². The van der Waals surface area contributed by atoms with Crippen molar-refractivity contribution in [2.45, 2.75) is 24.9 Å². The number of carboxylic acid groups (broad SMARTS) is 1. The number of hydrogen-bond acceptors (Lipinski definition) is 3. The molecule has 1 N–H and O–H groups in total. The molecule has 0 aliphatic carbocycles. The summed E-state index contributed by atoms with van der Waals surface area (Å²) in [6, 6.07) is 16.1. The Balaban J connectivity index is 1.74. The normalized spacial score (nSPS) is 16.1. The van der Waals surface area contributed by atoms with Gasteiger partial charge in [0, 0.05) is 28.5 Å². The van der Waals surface area contributed by atoms with Crippen LogP contribution in [0.3, 0.4) is 0 Å². The Morgan fingerprint density at radius 3 is 2.52 bits per heavy atom. The molecule has 0 saturated carbocycles. The van der Waals surface area contributed by atoms with Gasteiger partial charge in [-0.25, -0.2) is 4.79 Å². The fourth-order valence-electron chi connectivity index (χ4n) is 3.65. The van der Waals surface area contributed by atoms with E-state index in [0.29, 0.717) is 26.3 Å². The predicted octanol–water partition coefficient (Wildman–Crippen LogP) is 4.69. The quantitative estimate of drug-likeness (QED) is 0.717. The van der Waals surface area contributed by atoms with Crippen LogP contribution in [0.5, 0.6) is 5.75 Å². The molecule has 1 saturated heterocycles. The van der Waals surface area contributed by atoms with Crippen molar-refractivity contribution in [2.75, 3.05) is 26.8 Å². The van der Waals surface area contributed by atoms with Crippen molar-refractivity contribution in [3.8, 4) is 5.75 Å². The minimum Gasteiger partial charge on any atom is -0.496 e. The second kappa shape index (κ2) is 8.76. The molecule has 0 radical (unpaired) electrons. The van der Waals surface area contributed by atoms with Crippen molar-refractivity contribution in [1.29, 1.82) is 0 Å². The summed E-state index contributed by atoms with van der Waals surface area (Å²) in [6.45, 7) is 2.03. The molecule has 3 rings (SSSR count). The summed E-state index contributed by atoms with van der Waals surface area (Å²) in [5.74, 6) is 0.799. The standard InChI is InChI=1S/C21H24BrNO4/c1-26-19-8-7-18(22)13-16(19)14-27-15-21(17-5-3-2-4-6-17)9-11-23(12-10-21)20(24)25/h2-8,13H,9-12,14-15H2,1H3,(H,24,25). The zero-order chi connectivity index (χ0) is 19.3. The SMILES string of the molecule is COc1ccc(Br)cc1COCC1(c2ccccc2)CCN(C(=O)O)CC1. The zero-order valence-electron chi connectivity index (χ0n) is 15.4. The maximum Gasteiger partial charge on any atom is 0.407 e. The second-order valence-electron chi connectivity index (χ2n) is 6.86. The van der Waals surface area contributed by atoms with Gasteiger partial charge < -0.3 is 19.5 Å². The van der Waals surface area contributed by atoms with E-state index >= 15 is 0 Å². The number of rotatable bonds is 6. The Morgan fingerprint density at radius 1 is 1.19 bits per heavy atom. The van der Waals surface area contributed by atoms with Gasteiger partial charge in [0.2, 0.25) is 0 Å². The molecule has 1 amide bonds. The lowest BCUT2D eigenvalue weighted by atomic mass is 9.73. The average Bonchev–Trinajstić information content (AvgIpc) is 2.69. The van der Waals surface area contributed by atoms with Crippen LogP contribution in [0.2, 0.25) is 0 Å². The van der Waals surface area contributed by atoms with Crippen molar-refractivity contribution in [3.63, 3.8) is 0 Å². The van der Waals surface area contributed by atoms with E-state index in [1.54, 1.807) is 7.11 Å². The molecule has 0 aromatic heterocycles. The molecular weight excluding hydrogens is 410 g/mol. The van der Waals surface area contributed by atoms with Crippen molar-refractivity contribution < 1.29 is 19.4 Å². The van der Waals surface area contributed by atoms with Crippen LogP contribution in [-0.4, -0.2) is 42.9 Å². The number of methoxy groups -OCH3 is 1. The third-order valence-electron chi connectivity index (χ3n) is 5.26. The van der Waals surface area contributed by atoms with Gasteiger partial charge in [-0.05, 0) is 36.6 Å². The van der Waals surface area contributed by atoms with Gasteiger partial charge >= 0.3 is 6.09 Å². The van der Waals surface area contributed by atoms with E-state index in [2.05, 4.69) is 28.1 Å². The van der Waals surface area contributed by atoms with E-state index in [4.69, 9.17) is 9.47 Å². The summed E-state index contributed by atoms with van der Waals surface area (Å²) in [5, 5.41) is 9.26. The van der Waals surface area contributed by atoms with Crippen LogP contribution in [0.15, 0.2) is 53.0 Å². The maximum atomic E-state index is 11.3. The molecule has 2 aromatic carbocycles. The lowest BCUT2D eigenvalue weighted by molar-refractivity contribution is 0.0362. The number of nitrogens with zero attached hydrogens (tertiary/aromatic N) is 1. The minimum atomic E-state index is -0.851. The number of benzene rings is 2. The highest BCUT2D eigenvalue weighted by Gasteiger charge is 2.37. The highest BCUT2D eigenvalue weighted by atomic mass is 79.9. The van der Waals surface area contributed by atoms with Gasteiger partial charge in [-0.2, -0.15) is 0 Å².